The number of carbonyl (C=O) groups excluding carboxylic acids is 1. The maximum absolute atomic E-state index is 12.2. The van der Waals surface area contributed by atoms with E-state index in [1.807, 2.05) is 25.1 Å². The van der Waals surface area contributed by atoms with Crippen molar-refractivity contribution in [3.8, 4) is 0 Å². The smallest absolute Gasteiger partial charge is 0.263 e. The Morgan fingerprint density at radius 1 is 1.43 bits per heavy atom. The van der Waals surface area contributed by atoms with E-state index in [2.05, 4.69) is 15.5 Å². The highest BCUT2D eigenvalue weighted by Gasteiger charge is 2.16. The van der Waals surface area contributed by atoms with Gasteiger partial charge >= 0.3 is 0 Å². The number of aromatic nitrogens is 2. The molecule has 0 bridgehead atoms. The molecule has 0 radical (unpaired) electrons. The summed E-state index contributed by atoms with van der Waals surface area (Å²) in [5.74, 6) is 0.682. The minimum Gasteiger partial charge on any atom is -0.397 e. The van der Waals surface area contributed by atoms with E-state index in [1.54, 1.807) is 6.92 Å². The number of thiophene rings is 1. The number of rotatable bonds is 3. The summed E-state index contributed by atoms with van der Waals surface area (Å²) in [6.07, 6.45) is 0. The minimum atomic E-state index is -0.228. The Bertz CT molecular complexity index is 822. The van der Waals surface area contributed by atoms with Crippen LogP contribution in [0.1, 0.15) is 27.0 Å². The molecule has 0 aliphatic carbocycles. The first-order chi connectivity index (χ1) is 10.0. The maximum atomic E-state index is 12.2. The number of anilines is 1. The van der Waals surface area contributed by atoms with Gasteiger partial charge in [-0.2, -0.15) is 4.98 Å². The molecule has 7 heteroatoms. The Morgan fingerprint density at radius 3 is 2.95 bits per heavy atom. The van der Waals surface area contributed by atoms with E-state index in [0.717, 1.165) is 15.6 Å². The molecule has 3 aromatic rings. The number of amides is 1. The monoisotopic (exact) mass is 302 g/mol. The van der Waals surface area contributed by atoms with Crippen molar-refractivity contribution in [1.29, 1.82) is 0 Å². The van der Waals surface area contributed by atoms with E-state index in [-0.39, 0.29) is 12.5 Å². The van der Waals surface area contributed by atoms with Crippen LogP contribution in [0.2, 0.25) is 0 Å². The average Bonchev–Trinajstić information content (AvgIpc) is 3.00. The fourth-order valence-corrected chi connectivity index (χ4v) is 3.18. The van der Waals surface area contributed by atoms with Crippen LogP contribution in [0.5, 0.6) is 0 Å². The van der Waals surface area contributed by atoms with Crippen LogP contribution < -0.4 is 11.1 Å². The molecule has 0 saturated heterocycles. The zero-order valence-electron chi connectivity index (χ0n) is 11.6. The zero-order chi connectivity index (χ0) is 15.0. The van der Waals surface area contributed by atoms with Gasteiger partial charge in [-0.05, 0) is 18.6 Å². The highest BCUT2D eigenvalue weighted by Crippen LogP contribution is 2.34. The van der Waals surface area contributed by atoms with E-state index >= 15 is 0 Å². The summed E-state index contributed by atoms with van der Waals surface area (Å²) in [5, 5.41) is 7.39. The van der Waals surface area contributed by atoms with Gasteiger partial charge in [0, 0.05) is 17.0 Å². The number of benzene rings is 1. The lowest BCUT2D eigenvalue weighted by Crippen LogP contribution is -2.23. The summed E-state index contributed by atoms with van der Waals surface area (Å²) < 4.78 is 5.86. The third-order valence-corrected chi connectivity index (χ3v) is 4.23. The first kappa shape index (κ1) is 13.6. The maximum Gasteiger partial charge on any atom is 0.263 e. The van der Waals surface area contributed by atoms with Crippen LogP contribution in [-0.2, 0) is 6.54 Å². The van der Waals surface area contributed by atoms with Gasteiger partial charge in [-0.1, -0.05) is 17.3 Å². The molecule has 0 saturated carbocycles. The molecule has 0 atom stereocenters. The van der Waals surface area contributed by atoms with Gasteiger partial charge in [-0.3, -0.25) is 4.79 Å². The predicted octanol–water partition coefficient (Wildman–Crippen LogP) is 2.41. The van der Waals surface area contributed by atoms with Gasteiger partial charge in [0.2, 0.25) is 5.89 Å². The highest BCUT2D eigenvalue weighted by molar-refractivity contribution is 7.21. The summed E-state index contributed by atoms with van der Waals surface area (Å²) in [6, 6.07) is 5.95. The van der Waals surface area contributed by atoms with Crippen molar-refractivity contribution in [1.82, 2.24) is 15.5 Å². The number of hydrogen-bond donors (Lipinski definition) is 2. The molecule has 0 aliphatic rings. The fraction of sp³-hybridized carbons (Fsp3) is 0.214. The van der Waals surface area contributed by atoms with Crippen molar-refractivity contribution in [3.05, 3.63) is 40.4 Å². The highest BCUT2D eigenvalue weighted by atomic mass is 32.1. The van der Waals surface area contributed by atoms with Gasteiger partial charge in [0.1, 0.15) is 4.88 Å². The Balaban J connectivity index is 1.82. The van der Waals surface area contributed by atoms with Crippen molar-refractivity contribution in [2.45, 2.75) is 20.4 Å². The largest absolute Gasteiger partial charge is 0.397 e. The third kappa shape index (κ3) is 2.59. The average molecular weight is 302 g/mol. The fourth-order valence-electron chi connectivity index (χ4n) is 2.05. The van der Waals surface area contributed by atoms with Crippen molar-refractivity contribution >= 4 is 33.0 Å². The number of nitrogens with one attached hydrogen (secondary N) is 1. The van der Waals surface area contributed by atoms with Crippen LogP contribution in [0, 0.1) is 13.8 Å². The number of carbonyl (C=O) groups is 1. The zero-order valence-corrected chi connectivity index (χ0v) is 12.5. The predicted molar refractivity (Wildman–Crippen MR) is 81.2 cm³/mol. The van der Waals surface area contributed by atoms with E-state index in [4.69, 9.17) is 10.3 Å². The number of nitrogen functional groups attached to an aromatic ring is 1. The van der Waals surface area contributed by atoms with Crippen LogP contribution in [0.3, 0.4) is 0 Å². The second-order valence-electron chi connectivity index (χ2n) is 4.76. The number of nitrogens with two attached hydrogens (primary N) is 1. The summed E-state index contributed by atoms with van der Waals surface area (Å²) in [6.45, 7) is 3.92. The SMILES string of the molecule is Cc1ccc2c(N)c(C(=O)NCc3noc(C)n3)sc2c1. The minimum absolute atomic E-state index is 0.211. The molecule has 1 amide bonds. The van der Waals surface area contributed by atoms with Gasteiger partial charge in [0.25, 0.3) is 5.91 Å². The Morgan fingerprint density at radius 2 is 2.24 bits per heavy atom. The Labute approximate surface area is 125 Å². The molecule has 2 heterocycles. The Hall–Kier alpha value is -2.41. The number of hydrogen-bond acceptors (Lipinski definition) is 6. The van der Waals surface area contributed by atoms with E-state index in [1.165, 1.54) is 11.3 Å². The quantitative estimate of drug-likeness (QED) is 0.775. The van der Waals surface area contributed by atoms with E-state index in [9.17, 15) is 4.79 Å². The van der Waals surface area contributed by atoms with E-state index < -0.39 is 0 Å². The Kier molecular flexibility index (Phi) is 3.34. The van der Waals surface area contributed by atoms with Crippen LogP contribution >= 0.6 is 11.3 Å². The van der Waals surface area contributed by atoms with Gasteiger partial charge in [-0.25, -0.2) is 0 Å². The molecule has 0 spiro atoms. The van der Waals surface area contributed by atoms with Crippen LogP contribution in [0.4, 0.5) is 5.69 Å². The van der Waals surface area contributed by atoms with Crippen molar-refractivity contribution in [2.24, 2.45) is 0 Å². The van der Waals surface area contributed by atoms with Crippen LogP contribution in [0.15, 0.2) is 22.7 Å². The third-order valence-electron chi connectivity index (χ3n) is 3.07. The molecule has 1 aromatic carbocycles. The van der Waals surface area contributed by atoms with Gasteiger partial charge < -0.3 is 15.6 Å². The molecule has 0 fully saturated rings. The summed E-state index contributed by atoms with van der Waals surface area (Å²) in [7, 11) is 0. The summed E-state index contributed by atoms with van der Waals surface area (Å²) >= 11 is 1.39. The van der Waals surface area contributed by atoms with Gasteiger partial charge in [-0.15, -0.1) is 11.3 Å². The number of nitrogens with zero attached hydrogens (tertiary/aromatic N) is 2. The standard InChI is InChI=1S/C14H14N4O2S/c1-7-3-4-9-10(5-7)21-13(12(9)15)14(19)16-6-11-17-8(2)20-18-11/h3-5H,6,15H2,1-2H3,(H,16,19). The van der Waals surface area contributed by atoms with Crippen molar-refractivity contribution < 1.29 is 9.32 Å². The first-order valence-corrected chi connectivity index (χ1v) is 7.22. The molecule has 21 heavy (non-hydrogen) atoms. The van der Waals surface area contributed by atoms with Crippen LogP contribution in [0.25, 0.3) is 10.1 Å². The van der Waals surface area contributed by atoms with Crippen LogP contribution in [-0.4, -0.2) is 16.0 Å². The lowest BCUT2D eigenvalue weighted by atomic mass is 10.1. The second-order valence-corrected chi connectivity index (χ2v) is 5.81. The molecular weight excluding hydrogens is 288 g/mol. The van der Waals surface area contributed by atoms with Crippen molar-refractivity contribution in [2.75, 3.05) is 5.73 Å². The second kappa shape index (κ2) is 5.17. The summed E-state index contributed by atoms with van der Waals surface area (Å²) in [4.78, 5) is 16.8. The summed E-state index contributed by atoms with van der Waals surface area (Å²) in [5.41, 5.74) is 7.71. The molecule has 0 aliphatic heterocycles. The van der Waals surface area contributed by atoms with Gasteiger partial charge in [0.05, 0.1) is 12.2 Å². The normalized spacial score (nSPS) is 11.0. The first-order valence-electron chi connectivity index (χ1n) is 6.40. The molecule has 108 valence electrons. The molecular formula is C14H14N4O2S. The van der Waals surface area contributed by atoms with Gasteiger partial charge in [0.15, 0.2) is 5.82 Å². The molecule has 0 unspecified atom stereocenters. The van der Waals surface area contributed by atoms with Crippen molar-refractivity contribution in [3.63, 3.8) is 0 Å². The molecule has 3 rings (SSSR count). The lowest BCUT2D eigenvalue weighted by molar-refractivity contribution is 0.0954. The lowest BCUT2D eigenvalue weighted by Gasteiger charge is -2.00. The number of aryl methyl sites for hydroxylation is 2. The molecule has 2 aromatic heterocycles. The topological polar surface area (TPSA) is 94.0 Å². The number of fused-ring (bicyclic) bond motifs is 1. The molecule has 3 N–H and O–H groups in total. The van der Waals surface area contributed by atoms with E-state index in [0.29, 0.717) is 22.3 Å². The molecule has 6 nitrogen and oxygen atoms in total.